The first-order valence-electron chi connectivity index (χ1n) is 7.41. The summed E-state index contributed by atoms with van der Waals surface area (Å²) in [6.07, 6.45) is 0.528. The van der Waals surface area contributed by atoms with E-state index in [1.807, 2.05) is 6.07 Å². The third-order valence-electron chi connectivity index (χ3n) is 4.16. The summed E-state index contributed by atoms with van der Waals surface area (Å²) in [5, 5.41) is 12.9. The van der Waals surface area contributed by atoms with Crippen LogP contribution in [0, 0.1) is 11.3 Å². The van der Waals surface area contributed by atoms with E-state index in [0.29, 0.717) is 42.7 Å². The number of rotatable bonds is 2. The summed E-state index contributed by atoms with van der Waals surface area (Å²) in [6, 6.07) is 3.57. The fraction of sp³-hybridized carbons (Fsp3) is 0.562. The third-order valence-corrected chi connectivity index (χ3v) is 4.48. The lowest BCUT2D eigenvalue weighted by molar-refractivity contribution is -0.141. The molecule has 0 spiro atoms. The number of ether oxygens (including phenoxy) is 2. The van der Waals surface area contributed by atoms with Gasteiger partial charge in [0.15, 0.2) is 11.5 Å². The molecule has 0 aliphatic carbocycles. The molecule has 0 aromatic heterocycles. The number of nitrogens with one attached hydrogen (secondary N) is 1. The predicted octanol–water partition coefficient (Wildman–Crippen LogP) is 2.87. The van der Waals surface area contributed by atoms with Crippen LogP contribution in [0.5, 0.6) is 11.5 Å². The second-order valence-corrected chi connectivity index (χ2v) is 7.20. The molecule has 5 nitrogen and oxygen atoms in total. The van der Waals surface area contributed by atoms with Crippen molar-refractivity contribution in [3.8, 4) is 11.5 Å². The van der Waals surface area contributed by atoms with Gasteiger partial charge in [-0.05, 0) is 18.1 Å². The molecule has 22 heavy (non-hydrogen) atoms. The summed E-state index contributed by atoms with van der Waals surface area (Å²) in [5.41, 5.74) is 0.804. The molecule has 2 heterocycles. The monoisotopic (exact) mass is 325 g/mol. The quantitative estimate of drug-likeness (QED) is 0.875. The van der Waals surface area contributed by atoms with Gasteiger partial charge in [-0.25, -0.2) is 0 Å². The molecule has 2 aliphatic heterocycles. The van der Waals surface area contributed by atoms with E-state index in [2.05, 4.69) is 19.2 Å². The van der Waals surface area contributed by atoms with Crippen LogP contribution in [0.15, 0.2) is 12.1 Å². The van der Waals surface area contributed by atoms with Gasteiger partial charge in [-0.2, -0.15) is 0 Å². The summed E-state index contributed by atoms with van der Waals surface area (Å²) in [6.45, 7) is 5.75. The van der Waals surface area contributed by atoms with Gasteiger partial charge in [0.25, 0.3) is 0 Å². The van der Waals surface area contributed by atoms with E-state index in [0.717, 1.165) is 5.56 Å². The van der Waals surface area contributed by atoms with Crippen LogP contribution in [0.1, 0.15) is 31.9 Å². The molecule has 2 atom stereocenters. The zero-order valence-electron chi connectivity index (χ0n) is 12.7. The predicted molar refractivity (Wildman–Crippen MR) is 82.7 cm³/mol. The topological polar surface area (TPSA) is 67.8 Å². The zero-order valence-corrected chi connectivity index (χ0v) is 13.4. The maximum atomic E-state index is 11.1. The molecule has 1 saturated heterocycles. The smallest absolute Gasteiger partial charge is 0.307 e. The fourth-order valence-electron chi connectivity index (χ4n) is 2.79. The maximum absolute atomic E-state index is 11.1. The largest absolute Gasteiger partial charge is 0.489 e. The van der Waals surface area contributed by atoms with Gasteiger partial charge in [0.1, 0.15) is 0 Å². The average molecular weight is 326 g/mol. The summed E-state index contributed by atoms with van der Waals surface area (Å²) in [5.74, 6) is 0.163. The van der Waals surface area contributed by atoms with Crippen molar-refractivity contribution in [3.63, 3.8) is 0 Å². The number of hydrogen-bond acceptors (Lipinski definition) is 4. The van der Waals surface area contributed by atoms with Crippen molar-refractivity contribution in [2.24, 2.45) is 11.3 Å². The van der Waals surface area contributed by atoms with E-state index in [1.54, 1.807) is 6.07 Å². The Morgan fingerprint density at radius 3 is 2.55 bits per heavy atom. The van der Waals surface area contributed by atoms with Crippen LogP contribution in [-0.2, 0) is 4.79 Å². The summed E-state index contributed by atoms with van der Waals surface area (Å²) in [7, 11) is 0. The highest BCUT2D eigenvalue weighted by Crippen LogP contribution is 2.41. The van der Waals surface area contributed by atoms with E-state index < -0.39 is 5.97 Å². The van der Waals surface area contributed by atoms with Crippen molar-refractivity contribution in [1.82, 2.24) is 5.32 Å². The standard InChI is InChI=1S/C16H20ClNO4/c1-16(2)7-21-13-4-10(11(17)5-14(13)22-8-16)12-3-9(6-18-12)15(19)20/h4-5,9,12,18H,3,6-8H2,1-2H3,(H,19,20). The third kappa shape index (κ3) is 3.01. The van der Waals surface area contributed by atoms with E-state index in [-0.39, 0.29) is 17.4 Å². The van der Waals surface area contributed by atoms with Crippen LogP contribution < -0.4 is 14.8 Å². The van der Waals surface area contributed by atoms with Crippen LogP contribution in [0.2, 0.25) is 5.02 Å². The minimum absolute atomic E-state index is 0.0638. The number of carboxylic acid groups (broad SMARTS) is 1. The molecule has 1 fully saturated rings. The molecule has 0 saturated carbocycles. The van der Waals surface area contributed by atoms with Crippen molar-refractivity contribution in [2.75, 3.05) is 19.8 Å². The van der Waals surface area contributed by atoms with Crippen molar-refractivity contribution in [1.29, 1.82) is 0 Å². The molecule has 2 aliphatic rings. The van der Waals surface area contributed by atoms with Crippen LogP contribution in [0.3, 0.4) is 0 Å². The highest BCUT2D eigenvalue weighted by molar-refractivity contribution is 6.31. The molecule has 0 bridgehead atoms. The Bertz CT molecular complexity index is 602. The molecule has 2 N–H and O–H groups in total. The number of benzene rings is 1. The molecule has 0 amide bonds. The molecule has 1 aromatic carbocycles. The van der Waals surface area contributed by atoms with Gasteiger partial charge in [0.05, 0.1) is 19.1 Å². The van der Waals surface area contributed by atoms with Crippen LogP contribution >= 0.6 is 11.6 Å². The maximum Gasteiger partial charge on any atom is 0.307 e. The molecule has 120 valence electrons. The lowest BCUT2D eigenvalue weighted by Crippen LogP contribution is -2.26. The van der Waals surface area contributed by atoms with Gasteiger partial charge in [0.2, 0.25) is 0 Å². The van der Waals surface area contributed by atoms with Gasteiger partial charge >= 0.3 is 5.97 Å². The molecule has 1 aromatic rings. The first-order valence-corrected chi connectivity index (χ1v) is 7.79. The number of hydrogen-bond donors (Lipinski definition) is 2. The van der Waals surface area contributed by atoms with Crippen molar-refractivity contribution in [2.45, 2.75) is 26.3 Å². The Morgan fingerprint density at radius 2 is 1.95 bits per heavy atom. The Balaban J connectivity index is 1.86. The first kappa shape index (κ1) is 15.4. The number of halogens is 1. The van der Waals surface area contributed by atoms with Crippen molar-refractivity contribution in [3.05, 3.63) is 22.7 Å². The minimum atomic E-state index is -0.776. The average Bonchev–Trinajstić information content (AvgIpc) is 2.88. The molecular weight excluding hydrogens is 306 g/mol. The normalized spacial score (nSPS) is 26.5. The lowest BCUT2D eigenvalue weighted by atomic mass is 9.97. The first-order chi connectivity index (χ1) is 10.4. The second-order valence-electron chi connectivity index (χ2n) is 6.79. The fourth-order valence-corrected chi connectivity index (χ4v) is 3.08. The summed E-state index contributed by atoms with van der Waals surface area (Å²) >= 11 is 6.37. The van der Waals surface area contributed by atoms with E-state index in [1.165, 1.54) is 0 Å². The summed E-state index contributed by atoms with van der Waals surface area (Å²) in [4.78, 5) is 11.1. The Hall–Kier alpha value is -1.46. The number of aliphatic carboxylic acids is 1. The van der Waals surface area contributed by atoms with E-state index in [9.17, 15) is 4.79 Å². The highest BCUT2D eigenvalue weighted by Gasteiger charge is 2.33. The number of fused-ring (bicyclic) bond motifs is 1. The molecular formula is C16H20ClNO4. The molecule has 0 radical (unpaired) electrons. The van der Waals surface area contributed by atoms with Gasteiger partial charge in [-0.15, -0.1) is 0 Å². The van der Waals surface area contributed by atoms with E-state index in [4.69, 9.17) is 26.2 Å². The number of carbonyl (C=O) groups is 1. The highest BCUT2D eigenvalue weighted by atomic mass is 35.5. The molecule has 6 heteroatoms. The molecule has 3 rings (SSSR count). The Labute approximate surface area is 134 Å². The van der Waals surface area contributed by atoms with Gasteiger partial charge < -0.3 is 19.9 Å². The van der Waals surface area contributed by atoms with E-state index >= 15 is 0 Å². The van der Waals surface area contributed by atoms with Gasteiger partial charge in [-0.3, -0.25) is 4.79 Å². The Morgan fingerprint density at radius 1 is 1.32 bits per heavy atom. The van der Waals surface area contributed by atoms with Crippen molar-refractivity contribution < 1.29 is 19.4 Å². The van der Waals surface area contributed by atoms with Gasteiger partial charge in [-0.1, -0.05) is 25.4 Å². The van der Waals surface area contributed by atoms with Crippen molar-refractivity contribution >= 4 is 17.6 Å². The van der Waals surface area contributed by atoms with Crippen LogP contribution in [0.4, 0.5) is 0 Å². The Kier molecular flexibility index (Phi) is 3.95. The zero-order chi connectivity index (χ0) is 15.9. The second kappa shape index (κ2) is 5.63. The SMILES string of the molecule is CC1(C)COc2cc(Cl)c(C3CC(C(=O)O)CN3)cc2OC1. The molecule has 2 unspecified atom stereocenters. The minimum Gasteiger partial charge on any atom is -0.489 e. The lowest BCUT2D eigenvalue weighted by Gasteiger charge is -2.19. The number of carboxylic acids is 1. The summed E-state index contributed by atoms with van der Waals surface area (Å²) < 4.78 is 11.7. The van der Waals surface area contributed by atoms with Crippen LogP contribution in [0.25, 0.3) is 0 Å². The van der Waals surface area contributed by atoms with Crippen LogP contribution in [-0.4, -0.2) is 30.8 Å². The van der Waals surface area contributed by atoms with Gasteiger partial charge in [0, 0.05) is 29.1 Å².